The van der Waals surface area contributed by atoms with Gasteiger partial charge < -0.3 is 0 Å². The summed E-state index contributed by atoms with van der Waals surface area (Å²) in [6.45, 7) is 5.80. The molecule has 3 amide bonds. The lowest BCUT2D eigenvalue weighted by Gasteiger charge is -2.30. The molecule has 0 spiro atoms. The number of aryl methyl sites for hydroxylation is 2. The van der Waals surface area contributed by atoms with Gasteiger partial charge in [-0.25, -0.2) is 15.2 Å². The van der Waals surface area contributed by atoms with Crippen LogP contribution in [0.3, 0.4) is 0 Å². The minimum absolute atomic E-state index is 0.0666. The average Bonchev–Trinajstić information content (AvgIpc) is 3.59. The van der Waals surface area contributed by atoms with Gasteiger partial charge in [0.25, 0.3) is 16.0 Å². The van der Waals surface area contributed by atoms with Gasteiger partial charge >= 0.3 is 0 Å². The highest BCUT2D eigenvalue weighted by molar-refractivity contribution is 7.85. The largest absolute Gasteiger partial charge is 0.294 e. The number of aromatic nitrogens is 3. The van der Waals surface area contributed by atoms with E-state index in [9.17, 15) is 28.0 Å². The maximum absolute atomic E-state index is 13.7. The van der Waals surface area contributed by atoms with Crippen molar-refractivity contribution in [2.75, 3.05) is 0 Å². The number of amides is 3. The highest BCUT2D eigenvalue weighted by atomic mass is 32.2. The highest BCUT2D eigenvalue weighted by Gasteiger charge is 2.35. The Morgan fingerprint density at radius 2 is 1.49 bits per heavy atom. The second-order valence-corrected chi connectivity index (χ2v) is 13.4. The highest BCUT2D eigenvalue weighted by Crippen LogP contribution is 2.27. The van der Waals surface area contributed by atoms with Crippen molar-refractivity contribution < 1.29 is 32.6 Å². The third-order valence-corrected chi connectivity index (χ3v) is 8.50. The Labute approximate surface area is 287 Å². The lowest BCUT2D eigenvalue weighted by atomic mass is 9.81. The molecule has 13 nitrogen and oxygen atoms in total. The Morgan fingerprint density at radius 3 is 2.02 bits per heavy atom. The summed E-state index contributed by atoms with van der Waals surface area (Å²) in [5, 5.41) is 18.3. The van der Waals surface area contributed by atoms with Gasteiger partial charge in [-0.1, -0.05) is 97.4 Å². The summed E-state index contributed by atoms with van der Waals surface area (Å²) in [7, 11) is -4.02. The molecule has 1 aromatic heterocycles. The molecule has 1 heterocycles. The van der Waals surface area contributed by atoms with Crippen molar-refractivity contribution in [3.63, 3.8) is 0 Å². The van der Waals surface area contributed by atoms with Gasteiger partial charge in [-0.05, 0) is 61.8 Å². The zero-order chi connectivity index (χ0) is 35.8. The van der Waals surface area contributed by atoms with Gasteiger partial charge in [0.15, 0.2) is 0 Å². The normalized spacial score (nSPS) is 12.3. The second-order valence-electron chi connectivity index (χ2n) is 12.0. The lowest BCUT2D eigenvalue weighted by Crippen LogP contribution is -2.51. The minimum atomic E-state index is -4.02. The lowest BCUT2D eigenvalue weighted by molar-refractivity contribution is -0.148. The molecular formula is C35H44N6O7S. The summed E-state index contributed by atoms with van der Waals surface area (Å²) in [5.41, 5.74) is 7.44. The number of hydrogen-bond acceptors (Lipinski definition) is 8. The standard InChI is InChI=1S/C28H36N6O4.C7H8O3S/c1-21(2)18-25(24(28(37)31-38)15-9-14-22-10-5-3-6-11-22)27(36)30-34(19-23-12-7-4-8-13-23)26(35)20-33-17-16-29-32-33;1-6-2-4-7(5-3-6)11(8,9)10/h3-8,10-13,16-17,21,24-25,38H,9,14-15,18-20H2,1-2H3,(H,30,36)(H,31,37);2-5H,1H3,(H,8,9,10)/t24-,25+;/m0./s1. The molecular weight excluding hydrogens is 648 g/mol. The molecule has 0 radical (unpaired) electrons. The van der Waals surface area contributed by atoms with Crippen molar-refractivity contribution in [1.29, 1.82) is 0 Å². The Hall–Kier alpha value is -4.92. The Morgan fingerprint density at radius 1 is 0.878 bits per heavy atom. The van der Waals surface area contributed by atoms with Gasteiger partial charge in [0.2, 0.25) is 11.8 Å². The van der Waals surface area contributed by atoms with Crippen LogP contribution in [0.25, 0.3) is 0 Å². The van der Waals surface area contributed by atoms with Crippen LogP contribution in [0.5, 0.6) is 0 Å². The molecule has 262 valence electrons. The quantitative estimate of drug-likeness (QED) is 0.0846. The molecule has 0 aliphatic carbocycles. The van der Waals surface area contributed by atoms with Gasteiger partial charge in [0, 0.05) is 6.20 Å². The van der Waals surface area contributed by atoms with Gasteiger partial charge in [0.1, 0.15) is 6.54 Å². The summed E-state index contributed by atoms with van der Waals surface area (Å²) < 4.78 is 30.9. The Kier molecular flexibility index (Phi) is 15.1. The van der Waals surface area contributed by atoms with E-state index < -0.39 is 33.8 Å². The fraction of sp³-hybridized carbons (Fsp3) is 0.343. The number of carbonyl (C=O) groups excluding carboxylic acids is 3. The van der Waals surface area contributed by atoms with E-state index >= 15 is 0 Å². The van der Waals surface area contributed by atoms with Crippen LogP contribution in [0.15, 0.2) is 102 Å². The predicted molar refractivity (Wildman–Crippen MR) is 182 cm³/mol. The zero-order valence-electron chi connectivity index (χ0n) is 27.8. The third-order valence-electron chi connectivity index (χ3n) is 7.64. The van der Waals surface area contributed by atoms with E-state index in [4.69, 9.17) is 4.55 Å². The SMILES string of the molecule is CC(C)C[C@@H](C(=O)NN(Cc1ccccc1)C(=O)Cn1ccnn1)[C@H](CCCc1ccccc1)C(=O)NO.Cc1ccc(S(=O)(=O)O)cc1. The molecule has 3 aromatic carbocycles. The van der Waals surface area contributed by atoms with E-state index in [2.05, 4.69) is 15.7 Å². The van der Waals surface area contributed by atoms with Gasteiger partial charge in [-0.3, -0.25) is 29.6 Å². The van der Waals surface area contributed by atoms with Crippen molar-refractivity contribution in [3.05, 3.63) is 114 Å². The predicted octanol–water partition coefficient (Wildman–Crippen LogP) is 4.39. The maximum atomic E-state index is 13.7. The van der Waals surface area contributed by atoms with Crippen LogP contribution in [-0.2, 0) is 44.0 Å². The van der Waals surface area contributed by atoms with Crippen LogP contribution in [0.4, 0.5) is 0 Å². The first-order chi connectivity index (χ1) is 23.4. The maximum Gasteiger partial charge on any atom is 0.294 e. The van der Waals surface area contributed by atoms with Gasteiger partial charge in [0.05, 0.1) is 29.5 Å². The molecule has 0 saturated heterocycles. The van der Waals surface area contributed by atoms with Crippen LogP contribution in [0, 0.1) is 24.7 Å². The van der Waals surface area contributed by atoms with E-state index in [0.29, 0.717) is 19.3 Å². The second kappa shape index (κ2) is 19.2. The average molecular weight is 693 g/mol. The van der Waals surface area contributed by atoms with Gasteiger partial charge in [-0.15, -0.1) is 5.10 Å². The van der Waals surface area contributed by atoms with E-state index in [0.717, 1.165) is 23.1 Å². The number of nitrogens with one attached hydrogen (secondary N) is 2. The van der Waals surface area contributed by atoms with Crippen molar-refractivity contribution in [2.45, 2.75) is 64.4 Å². The number of nitrogens with zero attached hydrogens (tertiary/aromatic N) is 4. The molecule has 0 bridgehead atoms. The number of hydrazine groups is 1. The summed E-state index contributed by atoms with van der Waals surface area (Å²) in [4.78, 5) is 39.6. The van der Waals surface area contributed by atoms with E-state index in [-0.39, 0.29) is 29.8 Å². The minimum Gasteiger partial charge on any atom is -0.289 e. The summed E-state index contributed by atoms with van der Waals surface area (Å²) >= 11 is 0. The molecule has 4 rings (SSSR count). The smallest absolute Gasteiger partial charge is 0.289 e. The Bertz CT molecular complexity index is 1700. The van der Waals surface area contributed by atoms with Crippen LogP contribution in [-0.4, -0.2) is 55.9 Å². The first-order valence-corrected chi connectivity index (χ1v) is 17.3. The zero-order valence-corrected chi connectivity index (χ0v) is 28.7. The number of hydrogen-bond donors (Lipinski definition) is 4. The molecule has 4 aromatic rings. The van der Waals surface area contributed by atoms with Crippen LogP contribution < -0.4 is 10.9 Å². The fourth-order valence-electron chi connectivity index (χ4n) is 5.15. The molecule has 14 heteroatoms. The summed E-state index contributed by atoms with van der Waals surface area (Å²) in [6.07, 6.45) is 5.24. The van der Waals surface area contributed by atoms with Crippen molar-refractivity contribution in [2.24, 2.45) is 17.8 Å². The topological polar surface area (TPSA) is 184 Å². The molecule has 2 atom stereocenters. The number of hydroxylamine groups is 1. The number of benzene rings is 3. The van der Waals surface area contributed by atoms with E-state index in [1.165, 1.54) is 28.0 Å². The first-order valence-electron chi connectivity index (χ1n) is 15.9. The number of carbonyl (C=O) groups is 3. The van der Waals surface area contributed by atoms with Crippen molar-refractivity contribution >= 4 is 27.8 Å². The molecule has 49 heavy (non-hydrogen) atoms. The summed E-state index contributed by atoms with van der Waals surface area (Å²) in [6, 6.07) is 25.2. The fourth-order valence-corrected chi connectivity index (χ4v) is 5.63. The Balaban J connectivity index is 0.000000501. The van der Waals surface area contributed by atoms with Crippen LogP contribution in [0.2, 0.25) is 0 Å². The molecule has 0 fully saturated rings. The van der Waals surface area contributed by atoms with Crippen molar-refractivity contribution in [3.8, 4) is 0 Å². The molecule has 0 aliphatic heterocycles. The first kappa shape index (κ1) is 38.5. The number of rotatable bonds is 14. The van der Waals surface area contributed by atoms with Crippen LogP contribution >= 0.6 is 0 Å². The molecule has 4 N–H and O–H groups in total. The molecule has 0 aliphatic rings. The van der Waals surface area contributed by atoms with Crippen molar-refractivity contribution in [1.82, 2.24) is 30.9 Å². The molecule has 0 saturated carbocycles. The van der Waals surface area contributed by atoms with E-state index in [1.54, 1.807) is 23.8 Å². The van der Waals surface area contributed by atoms with E-state index in [1.807, 2.05) is 81.4 Å². The van der Waals surface area contributed by atoms with Crippen LogP contribution in [0.1, 0.15) is 49.8 Å². The summed E-state index contributed by atoms with van der Waals surface area (Å²) in [5.74, 6) is -2.87. The third kappa shape index (κ3) is 13.2. The molecule has 0 unspecified atom stereocenters. The van der Waals surface area contributed by atoms with Gasteiger partial charge in [-0.2, -0.15) is 8.42 Å². The monoisotopic (exact) mass is 692 g/mol.